The van der Waals surface area contributed by atoms with Gasteiger partial charge in [0.05, 0.1) is 11.8 Å². The summed E-state index contributed by atoms with van der Waals surface area (Å²) in [7, 11) is -2.52. The van der Waals surface area contributed by atoms with Crippen molar-refractivity contribution in [3.8, 4) is 23.0 Å². The first-order chi connectivity index (χ1) is 20.1. The quantitative estimate of drug-likeness (QED) is 0.403. The van der Waals surface area contributed by atoms with Crippen LogP contribution in [0.5, 0.6) is 0 Å². The number of pyridine rings is 1. The average Bonchev–Trinajstić information content (AvgIpc) is 3.41. The molecule has 1 aliphatic heterocycles. The molecule has 2 N–H and O–H groups in total. The zero-order valence-corrected chi connectivity index (χ0v) is 24.5. The average molecular weight is 596 g/mol. The van der Waals surface area contributed by atoms with E-state index in [-0.39, 0.29) is 24.6 Å². The molecule has 9 nitrogen and oxygen atoms in total. The molecule has 1 saturated carbocycles. The Balaban J connectivity index is 1.53. The predicted octanol–water partition coefficient (Wildman–Crippen LogP) is 4.83. The lowest BCUT2D eigenvalue weighted by Gasteiger charge is -2.33. The van der Waals surface area contributed by atoms with Gasteiger partial charge in [-0.15, -0.1) is 0 Å². The zero-order valence-electron chi connectivity index (χ0n) is 23.7. The Bertz CT molecular complexity index is 1570. The van der Waals surface area contributed by atoms with Gasteiger partial charge < -0.3 is 10.2 Å². The minimum absolute atomic E-state index is 0.00405. The van der Waals surface area contributed by atoms with E-state index in [2.05, 4.69) is 21.3 Å². The van der Waals surface area contributed by atoms with E-state index in [9.17, 15) is 23.0 Å². The number of hydrogen-bond acceptors (Lipinski definition) is 7. The van der Waals surface area contributed by atoms with Crippen LogP contribution in [0.3, 0.4) is 0 Å². The minimum Gasteiger partial charge on any atom is -0.370 e. The number of hydrogen-bond donors (Lipinski definition) is 2. The number of carbonyl (C=O) groups excluding carboxylic acids is 1. The van der Waals surface area contributed by atoms with E-state index in [4.69, 9.17) is 9.88 Å². The molecule has 1 amide bonds. The maximum Gasteiger partial charge on any atom is 0.224 e. The number of nitrogens with one attached hydrogen (secondary N) is 2. The molecule has 5 rings (SSSR count). The summed E-state index contributed by atoms with van der Waals surface area (Å²) in [5.41, 5.74) is 2.95. The Hall–Kier alpha value is -3.85. The van der Waals surface area contributed by atoms with Gasteiger partial charge in [-0.25, -0.2) is 22.7 Å². The van der Waals surface area contributed by atoms with Crippen molar-refractivity contribution in [1.29, 1.82) is 10.0 Å². The van der Waals surface area contributed by atoms with Crippen LogP contribution >= 0.6 is 0 Å². The number of carbonyl (C=O) groups is 1. The van der Waals surface area contributed by atoms with Crippen molar-refractivity contribution in [2.45, 2.75) is 51.2 Å². The predicted molar refractivity (Wildman–Crippen MR) is 157 cm³/mol. The molecule has 2 aromatic heterocycles. The highest BCUT2D eigenvalue weighted by molar-refractivity contribution is 7.92. The van der Waals surface area contributed by atoms with Gasteiger partial charge in [-0.05, 0) is 55.0 Å². The number of halogens is 2. The van der Waals surface area contributed by atoms with Crippen molar-refractivity contribution in [1.82, 2.24) is 20.1 Å². The van der Waals surface area contributed by atoms with Gasteiger partial charge in [-0.1, -0.05) is 26.0 Å². The number of anilines is 1. The maximum atomic E-state index is 14.8. The molecule has 0 bridgehead atoms. The van der Waals surface area contributed by atoms with Gasteiger partial charge in [-0.2, -0.15) is 10.4 Å². The number of benzene rings is 1. The van der Waals surface area contributed by atoms with Crippen LogP contribution < -0.4 is 10.2 Å². The molecule has 1 saturated heterocycles. The summed E-state index contributed by atoms with van der Waals surface area (Å²) in [5, 5.41) is 17.1. The van der Waals surface area contributed by atoms with Gasteiger partial charge in [0.15, 0.2) is 11.6 Å². The first-order valence-corrected chi connectivity index (χ1v) is 16.1. The SMILES string of the molecule is CC(C)[C@@H](C#N)NC(=O)[C@@H]1C[C@@H](F)CC[C@H]1c1nn(-c2ncccc2F)cc1-c1ccc(N2CCS(=N)(=O)CC2)cc1. The van der Waals surface area contributed by atoms with Crippen LogP contribution in [0.2, 0.25) is 0 Å². The third-order valence-corrected chi connectivity index (χ3v) is 9.89. The molecule has 0 unspecified atom stereocenters. The van der Waals surface area contributed by atoms with Crippen molar-refractivity contribution in [3.63, 3.8) is 0 Å². The van der Waals surface area contributed by atoms with Gasteiger partial charge in [0.1, 0.15) is 12.2 Å². The van der Waals surface area contributed by atoms with Crippen LogP contribution in [0.25, 0.3) is 16.9 Å². The molecule has 42 heavy (non-hydrogen) atoms. The first kappa shape index (κ1) is 29.6. The molecule has 222 valence electrons. The van der Waals surface area contributed by atoms with Gasteiger partial charge in [0.25, 0.3) is 0 Å². The molecule has 0 spiro atoms. The highest BCUT2D eigenvalue weighted by Crippen LogP contribution is 2.43. The van der Waals surface area contributed by atoms with Crippen molar-refractivity contribution < 1.29 is 17.8 Å². The number of aromatic nitrogens is 3. The summed E-state index contributed by atoms with van der Waals surface area (Å²) in [6.45, 7) is 4.75. The lowest BCUT2D eigenvalue weighted by Crippen LogP contribution is -2.44. The summed E-state index contributed by atoms with van der Waals surface area (Å²) in [6, 6.07) is 11.9. The smallest absolute Gasteiger partial charge is 0.224 e. The normalized spacial score (nSPS) is 22.9. The van der Waals surface area contributed by atoms with Gasteiger partial charge in [0, 0.05) is 69.8 Å². The van der Waals surface area contributed by atoms with Crippen LogP contribution in [0, 0.1) is 33.8 Å². The molecule has 2 aliphatic rings. The summed E-state index contributed by atoms with van der Waals surface area (Å²) in [4.78, 5) is 19.7. The number of alkyl halides is 1. The van der Waals surface area contributed by atoms with Gasteiger partial charge in [-0.3, -0.25) is 9.57 Å². The van der Waals surface area contributed by atoms with E-state index in [1.165, 1.54) is 23.0 Å². The molecule has 3 heterocycles. The lowest BCUT2D eigenvalue weighted by atomic mass is 9.74. The van der Waals surface area contributed by atoms with Crippen LogP contribution in [-0.2, 0) is 14.5 Å². The fraction of sp³-hybridized carbons (Fsp3) is 0.467. The summed E-state index contributed by atoms with van der Waals surface area (Å²) >= 11 is 0. The molecule has 2 fully saturated rings. The Kier molecular flexibility index (Phi) is 8.59. The largest absolute Gasteiger partial charge is 0.370 e. The van der Waals surface area contributed by atoms with Crippen molar-refractivity contribution in [3.05, 3.63) is 60.3 Å². The highest BCUT2D eigenvalue weighted by Gasteiger charge is 2.40. The van der Waals surface area contributed by atoms with E-state index in [1.807, 2.05) is 38.1 Å². The number of amides is 1. The van der Waals surface area contributed by atoms with Crippen molar-refractivity contribution in [2.75, 3.05) is 29.5 Å². The number of rotatable bonds is 7. The molecular weight excluding hydrogens is 560 g/mol. The number of nitrogens with zero attached hydrogens (tertiary/aromatic N) is 5. The summed E-state index contributed by atoms with van der Waals surface area (Å²) < 4.78 is 50.8. The van der Waals surface area contributed by atoms with E-state index in [1.54, 1.807) is 6.20 Å². The molecule has 12 heteroatoms. The topological polar surface area (TPSA) is 128 Å². The Labute approximate surface area is 244 Å². The third-order valence-electron chi connectivity index (χ3n) is 8.20. The van der Waals surface area contributed by atoms with Crippen molar-refractivity contribution >= 4 is 21.3 Å². The second-order valence-electron chi connectivity index (χ2n) is 11.4. The van der Waals surface area contributed by atoms with Crippen molar-refractivity contribution in [2.24, 2.45) is 11.8 Å². The summed E-state index contributed by atoms with van der Waals surface area (Å²) in [6.07, 6.45) is 2.64. The fourth-order valence-corrected chi connectivity index (χ4v) is 6.96. The van der Waals surface area contributed by atoms with Crippen LogP contribution in [0.15, 0.2) is 48.8 Å². The molecule has 1 aliphatic carbocycles. The second-order valence-corrected chi connectivity index (χ2v) is 13.9. The Morgan fingerprint density at radius 3 is 2.55 bits per heavy atom. The lowest BCUT2D eigenvalue weighted by molar-refractivity contribution is -0.128. The molecule has 1 aromatic carbocycles. The second kappa shape index (κ2) is 12.2. The van der Waals surface area contributed by atoms with Crippen LogP contribution in [0.1, 0.15) is 44.7 Å². The molecule has 3 aromatic rings. The minimum atomic E-state index is -2.52. The third kappa shape index (κ3) is 6.31. The Morgan fingerprint density at radius 2 is 1.90 bits per heavy atom. The summed E-state index contributed by atoms with van der Waals surface area (Å²) in [5.74, 6) is -1.62. The van der Waals surface area contributed by atoms with Gasteiger partial charge in [0.2, 0.25) is 5.91 Å². The number of nitriles is 1. The monoisotopic (exact) mass is 595 g/mol. The standard InChI is InChI=1S/C30H35F2N7O2S/c1-19(2)27(17-33)36-30(40)24-16-21(31)7-10-23(24)28-25(18-39(37-28)29-26(32)4-3-11-35-29)20-5-8-22(9-6-20)38-12-14-42(34,41)15-13-38/h3-6,8-9,11,18-19,21,23-24,27,34H,7,10,12-16H2,1-2H3,(H,36,40)/t21-,23+,24+,27+/m0/s1. The van der Waals surface area contributed by atoms with Crippen LogP contribution in [0.4, 0.5) is 14.5 Å². The first-order valence-electron chi connectivity index (χ1n) is 14.2. The van der Waals surface area contributed by atoms with E-state index in [0.717, 1.165) is 11.3 Å². The highest BCUT2D eigenvalue weighted by atomic mass is 32.2. The van der Waals surface area contributed by atoms with Crippen LogP contribution in [-0.4, -0.2) is 61.7 Å². The molecular formula is C30H35F2N7O2S. The fourth-order valence-electron chi connectivity index (χ4n) is 5.72. The van der Waals surface area contributed by atoms with E-state index < -0.39 is 45.5 Å². The molecule has 0 radical (unpaired) electrons. The Morgan fingerprint density at radius 1 is 1.19 bits per heavy atom. The zero-order chi connectivity index (χ0) is 30.0. The van der Waals surface area contributed by atoms with Gasteiger partial charge >= 0.3 is 0 Å². The molecule has 4 atom stereocenters. The maximum absolute atomic E-state index is 14.8. The van der Waals surface area contributed by atoms with E-state index >= 15 is 0 Å². The van der Waals surface area contributed by atoms with E-state index in [0.29, 0.717) is 42.3 Å².